The van der Waals surface area contributed by atoms with Crippen LogP contribution in [0.4, 0.5) is 0 Å². The quantitative estimate of drug-likeness (QED) is 0.860. The number of hydrogen-bond acceptors (Lipinski definition) is 3. The maximum Gasteiger partial charge on any atom is 0.119 e. The number of hydrogen-bond donors (Lipinski definition) is 1. The van der Waals surface area contributed by atoms with Crippen molar-refractivity contribution in [3.63, 3.8) is 0 Å². The van der Waals surface area contributed by atoms with Gasteiger partial charge in [0.05, 0.1) is 12.6 Å². The van der Waals surface area contributed by atoms with Crippen molar-refractivity contribution in [3.8, 4) is 5.75 Å². The molecule has 1 heterocycles. The normalized spacial score (nSPS) is 12.4. The number of benzene rings is 1. The van der Waals surface area contributed by atoms with E-state index in [0.29, 0.717) is 6.61 Å². The Hall–Kier alpha value is -1.74. The lowest BCUT2D eigenvalue weighted by atomic mass is 9.95. The van der Waals surface area contributed by atoms with Crippen molar-refractivity contribution in [2.24, 2.45) is 0 Å². The van der Waals surface area contributed by atoms with E-state index in [4.69, 9.17) is 9.15 Å². The van der Waals surface area contributed by atoms with Gasteiger partial charge in [0.1, 0.15) is 17.3 Å². The summed E-state index contributed by atoms with van der Waals surface area (Å²) < 4.78 is 11.4. The zero-order valence-corrected chi connectivity index (χ0v) is 13.6. The minimum atomic E-state index is 0.132. The molecule has 0 spiro atoms. The molecule has 2 rings (SSSR count). The van der Waals surface area contributed by atoms with E-state index < -0.39 is 0 Å². The van der Waals surface area contributed by atoms with Crippen molar-refractivity contribution in [2.45, 2.75) is 40.7 Å². The number of furan rings is 1. The SMILES string of the molecule is CCNC(c1cccc(OCC)c1)c1c(C)oc(C)c1C. The molecule has 0 aliphatic carbocycles. The second kappa shape index (κ2) is 6.81. The first kappa shape index (κ1) is 15.6. The van der Waals surface area contributed by atoms with Gasteiger partial charge in [0.2, 0.25) is 0 Å². The average Bonchev–Trinajstić information content (AvgIpc) is 2.71. The molecule has 114 valence electrons. The van der Waals surface area contributed by atoms with E-state index in [1.54, 1.807) is 0 Å². The van der Waals surface area contributed by atoms with Crippen LogP contribution in [0, 0.1) is 20.8 Å². The largest absolute Gasteiger partial charge is 0.494 e. The molecule has 1 aromatic heterocycles. The molecule has 0 aliphatic rings. The Morgan fingerprint density at radius 3 is 2.48 bits per heavy atom. The van der Waals surface area contributed by atoms with Crippen molar-refractivity contribution in [2.75, 3.05) is 13.2 Å². The first-order valence-corrected chi connectivity index (χ1v) is 7.61. The van der Waals surface area contributed by atoms with Gasteiger partial charge in [0, 0.05) is 5.56 Å². The van der Waals surface area contributed by atoms with Crippen LogP contribution in [-0.4, -0.2) is 13.2 Å². The van der Waals surface area contributed by atoms with Crippen LogP contribution >= 0.6 is 0 Å². The Bertz CT molecular complexity index is 601. The third-order valence-electron chi connectivity index (χ3n) is 3.82. The molecule has 0 saturated carbocycles. The van der Waals surface area contributed by atoms with Crippen molar-refractivity contribution in [1.29, 1.82) is 0 Å². The lowest BCUT2D eigenvalue weighted by Gasteiger charge is -2.20. The smallest absolute Gasteiger partial charge is 0.119 e. The Kier molecular flexibility index (Phi) is 5.07. The summed E-state index contributed by atoms with van der Waals surface area (Å²) in [5.74, 6) is 2.89. The monoisotopic (exact) mass is 287 g/mol. The molecule has 0 bridgehead atoms. The molecule has 1 N–H and O–H groups in total. The van der Waals surface area contributed by atoms with Gasteiger partial charge in [-0.3, -0.25) is 0 Å². The van der Waals surface area contributed by atoms with Gasteiger partial charge in [-0.2, -0.15) is 0 Å². The predicted molar refractivity (Wildman–Crippen MR) is 86.0 cm³/mol. The van der Waals surface area contributed by atoms with Crippen LogP contribution in [0.3, 0.4) is 0 Å². The van der Waals surface area contributed by atoms with Gasteiger partial charge < -0.3 is 14.5 Å². The predicted octanol–water partition coefficient (Wildman–Crippen LogP) is 4.30. The standard InChI is InChI=1S/C18H25NO2/c1-6-19-18(17-12(3)13(4)21-14(17)5)15-9-8-10-16(11-15)20-7-2/h8-11,18-19H,6-7H2,1-5H3. The molecule has 0 aliphatic heterocycles. The number of nitrogens with one attached hydrogen (secondary N) is 1. The van der Waals surface area contributed by atoms with Crippen LogP contribution in [0.1, 0.15) is 48.1 Å². The molecule has 1 atom stereocenters. The molecule has 2 aromatic rings. The minimum absolute atomic E-state index is 0.132. The molecule has 21 heavy (non-hydrogen) atoms. The van der Waals surface area contributed by atoms with Crippen LogP contribution < -0.4 is 10.1 Å². The topological polar surface area (TPSA) is 34.4 Å². The highest BCUT2D eigenvalue weighted by atomic mass is 16.5. The van der Waals surface area contributed by atoms with Crippen LogP contribution in [0.25, 0.3) is 0 Å². The second-order valence-electron chi connectivity index (χ2n) is 5.25. The maximum atomic E-state index is 5.80. The first-order valence-electron chi connectivity index (χ1n) is 7.61. The molecule has 3 heteroatoms. The molecule has 1 aromatic carbocycles. The lowest BCUT2D eigenvalue weighted by Crippen LogP contribution is -2.23. The summed E-state index contributed by atoms with van der Waals surface area (Å²) in [5, 5.41) is 3.56. The molecule has 1 unspecified atom stereocenters. The fraction of sp³-hybridized carbons (Fsp3) is 0.444. The van der Waals surface area contributed by atoms with E-state index >= 15 is 0 Å². The number of ether oxygens (including phenoxy) is 1. The summed E-state index contributed by atoms with van der Waals surface area (Å²) in [5.41, 5.74) is 3.66. The highest BCUT2D eigenvalue weighted by Gasteiger charge is 2.22. The Balaban J connectivity index is 2.45. The molecule has 0 amide bonds. The third kappa shape index (κ3) is 3.30. The fourth-order valence-corrected chi connectivity index (χ4v) is 2.78. The zero-order chi connectivity index (χ0) is 15.4. The molecule has 0 fully saturated rings. The minimum Gasteiger partial charge on any atom is -0.494 e. The van der Waals surface area contributed by atoms with Gasteiger partial charge in [-0.15, -0.1) is 0 Å². The van der Waals surface area contributed by atoms with Gasteiger partial charge in [-0.25, -0.2) is 0 Å². The Morgan fingerprint density at radius 2 is 1.90 bits per heavy atom. The van der Waals surface area contributed by atoms with Gasteiger partial charge in [0.15, 0.2) is 0 Å². The summed E-state index contributed by atoms with van der Waals surface area (Å²) in [4.78, 5) is 0. The Labute approximate surface area is 127 Å². The van der Waals surface area contributed by atoms with E-state index in [2.05, 4.69) is 31.3 Å². The summed E-state index contributed by atoms with van der Waals surface area (Å²) in [6, 6.07) is 8.42. The summed E-state index contributed by atoms with van der Waals surface area (Å²) in [6.07, 6.45) is 0. The maximum absolute atomic E-state index is 5.80. The van der Waals surface area contributed by atoms with Crippen molar-refractivity contribution < 1.29 is 9.15 Å². The molecule has 0 saturated heterocycles. The van der Waals surface area contributed by atoms with E-state index in [0.717, 1.165) is 23.8 Å². The van der Waals surface area contributed by atoms with Crippen molar-refractivity contribution >= 4 is 0 Å². The highest BCUT2D eigenvalue weighted by Crippen LogP contribution is 2.32. The van der Waals surface area contributed by atoms with Crippen LogP contribution in [-0.2, 0) is 0 Å². The van der Waals surface area contributed by atoms with Gasteiger partial charge in [-0.05, 0) is 57.5 Å². The summed E-state index contributed by atoms with van der Waals surface area (Å²) in [7, 11) is 0. The highest BCUT2D eigenvalue weighted by molar-refractivity contribution is 5.42. The first-order chi connectivity index (χ1) is 10.1. The average molecular weight is 287 g/mol. The van der Waals surface area contributed by atoms with Crippen LogP contribution in [0.2, 0.25) is 0 Å². The van der Waals surface area contributed by atoms with Crippen molar-refractivity contribution in [1.82, 2.24) is 5.32 Å². The molecular formula is C18H25NO2. The zero-order valence-electron chi connectivity index (χ0n) is 13.6. The van der Waals surface area contributed by atoms with Gasteiger partial charge in [-0.1, -0.05) is 19.1 Å². The van der Waals surface area contributed by atoms with Crippen LogP contribution in [0.15, 0.2) is 28.7 Å². The third-order valence-corrected chi connectivity index (χ3v) is 3.82. The van der Waals surface area contributed by atoms with Crippen molar-refractivity contribution in [3.05, 3.63) is 52.5 Å². The van der Waals surface area contributed by atoms with Gasteiger partial charge in [0.25, 0.3) is 0 Å². The van der Waals surface area contributed by atoms with E-state index in [1.807, 2.05) is 32.9 Å². The number of aryl methyl sites for hydroxylation is 2. The number of rotatable bonds is 6. The molecular weight excluding hydrogens is 262 g/mol. The van der Waals surface area contributed by atoms with E-state index in [1.165, 1.54) is 16.7 Å². The lowest BCUT2D eigenvalue weighted by molar-refractivity contribution is 0.339. The van der Waals surface area contributed by atoms with E-state index in [-0.39, 0.29) is 6.04 Å². The molecule has 0 radical (unpaired) electrons. The second-order valence-corrected chi connectivity index (χ2v) is 5.25. The summed E-state index contributed by atoms with van der Waals surface area (Å²) >= 11 is 0. The fourth-order valence-electron chi connectivity index (χ4n) is 2.78. The Morgan fingerprint density at radius 1 is 1.14 bits per heavy atom. The van der Waals surface area contributed by atoms with Crippen LogP contribution in [0.5, 0.6) is 5.75 Å². The molecule has 3 nitrogen and oxygen atoms in total. The van der Waals surface area contributed by atoms with Gasteiger partial charge >= 0.3 is 0 Å². The van der Waals surface area contributed by atoms with E-state index in [9.17, 15) is 0 Å². The summed E-state index contributed by atoms with van der Waals surface area (Å²) in [6.45, 7) is 11.9.